The molecule has 1 aromatic carbocycles. The second-order valence-electron chi connectivity index (χ2n) is 5.93. The van der Waals surface area contributed by atoms with Gasteiger partial charge in [-0.15, -0.1) is 0 Å². The minimum Gasteiger partial charge on any atom is -0.378 e. The summed E-state index contributed by atoms with van der Waals surface area (Å²) in [5.74, 6) is -0.280. The highest BCUT2D eigenvalue weighted by atomic mass is 19.1. The zero-order chi connectivity index (χ0) is 15.5. The van der Waals surface area contributed by atoms with Gasteiger partial charge < -0.3 is 15.4 Å². The Morgan fingerprint density at radius 2 is 2.05 bits per heavy atom. The van der Waals surface area contributed by atoms with Crippen molar-refractivity contribution in [1.82, 2.24) is 4.90 Å². The van der Waals surface area contributed by atoms with E-state index in [1.54, 1.807) is 12.1 Å². The molecule has 0 aliphatic carbocycles. The molecule has 5 nitrogen and oxygen atoms in total. The van der Waals surface area contributed by atoms with E-state index in [-0.39, 0.29) is 12.2 Å². The van der Waals surface area contributed by atoms with Gasteiger partial charge in [-0.25, -0.2) is 4.39 Å². The summed E-state index contributed by atoms with van der Waals surface area (Å²) in [6.45, 7) is 5.43. The average molecular weight is 304 g/mol. The molecule has 22 heavy (non-hydrogen) atoms. The van der Waals surface area contributed by atoms with Gasteiger partial charge in [-0.3, -0.25) is 4.90 Å². The third kappa shape index (κ3) is 3.22. The van der Waals surface area contributed by atoms with E-state index >= 15 is 0 Å². The number of anilines is 1. The molecule has 118 valence electrons. The lowest BCUT2D eigenvalue weighted by Crippen LogP contribution is -2.56. The van der Waals surface area contributed by atoms with Crippen LogP contribution in [0, 0.1) is 17.1 Å². The van der Waals surface area contributed by atoms with E-state index in [2.05, 4.69) is 9.80 Å². The third-order valence-corrected chi connectivity index (χ3v) is 4.46. The predicted octanol–water partition coefficient (Wildman–Crippen LogP) is 0.740. The summed E-state index contributed by atoms with van der Waals surface area (Å²) < 4.78 is 19.4. The molecular weight excluding hydrogens is 283 g/mol. The second kappa shape index (κ2) is 6.61. The lowest BCUT2D eigenvalue weighted by molar-refractivity contribution is -0.0660. The van der Waals surface area contributed by atoms with E-state index < -0.39 is 6.04 Å². The van der Waals surface area contributed by atoms with Crippen molar-refractivity contribution in [2.45, 2.75) is 18.5 Å². The molecule has 1 aromatic rings. The molecule has 3 rings (SSSR count). The molecule has 2 fully saturated rings. The highest BCUT2D eigenvalue weighted by Gasteiger charge is 2.29. The number of hydrogen-bond acceptors (Lipinski definition) is 5. The predicted molar refractivity (Wildman–Crippen MR) is 82.1 cm³/mol. The van der Waals surface area contributed by atoms with Gasteiger partial charge in [-0.1, -0.05) is 6.07 Å². The van der Waals surface area contributed by atoms with Gasteiger partial charge in [0.2, 0.25) is 0 Å². The average Bonchev–Trinajstić information content (AvgIpc) is 2.48. The molecule has 2 saturated heterocycles. The summed E-state index contributed by atoms with van der Waals surface area (Å²) in [5.41, 5.74) is 6.97. The van der Waals surface area contributed by atoms with Crippen molar-refractivity contribution < 1.29 is 9.13 Å². The second-order valence-corrected chi connectivity index (χ2v) is 5.93. The van der Waals surface area contributed by atoms with Crippen molar-refractivity contribution in [3.05, 3.63) is 29.6 Å². The van der Waals surface area contributed by atoms with E-state index in [1.165, 1.54) is 0 Å². The van der Waals surface area contributed by atoms with Crippen molar-refractivity contribution in [3.63, 3.8) is 0 Å². The Kier molecular flexibility index (Phi) is 4.57. The first kappa shape index (κ1) is 15.2. The largest absolute Gasteiger partial charge is 0.378 e. The molecule has 0 radical (unpaired) electrons. The quantitative estimate of drug-likeness (QED) is 0.889. The van der Waals surface area contributed by atoms with Crippen LogP contribution in [0.3, 0.4) is 0 Å². The van der Waals surface area contributed by atoms with E-state index in [0.717, 1.165) is 45.1 Å². The van der Waals surface area contributed by atoms with Crippen LogP contribution in [0.2, 0.25) is 0 Å². The number of nitriles is 1. The van der Waals surface area contributed by atoms with Crippen LogP contribution in [0.1, 0.15) is 5.56 Å². The maximum Gasteiger partial charge on any atom is 0.128 e. The van der Waals surface area contributed by atoms with Crippen molar-refractivity contribution in [3.8, 4) is 6.07 Å². The van der Waals surface area contributed by atoms with Crippen LogP contribution in [0.5, 0.6) is 0 Å². The number of hydrogen-bond donors (Lipinski definition) is 1. The van der Waals surface area contributed by atoms with Gasteiger partial charge in [0, 0.05) is 38.3 Å². The van der Waals surface area contributed by atoms with Gasteiger partial charge >= 0.3 is 0 Å². The Labute approximate surface area is 130 Å². The summed E-state index contributed by atoms with van der Waals surface area (Å²) in [6, 6.07) is 7.06. The number of ether oxygens (including phenoxy) is 1. The van der Waals surface area contributed by atoms with Crippen LogP contribution in [0.15, 0.2) is 18.2 Å². The maximum atomic E-state index is 14.2. The van der Waals surface area contributed by atoms with Crippen molar-refractivity contribution in [2.24, 2.45) is 5.73 Å². The molecule has 2 heterocycles. The van der Waals surface area contributed by atoms with Crippen LogP contribution < -0.4 is 10.6 Å². The fourth-order valence-corrected chi connectivity index (χ4v) is 2.96. The SMILES string of the molecule is N#C[C@@H](N)Cc1ccc(N2CCN(C3COC3)CC2)cc1F. The molecule has 6 heteroatoms. The van der Waals surface area contributed by atoms with Gasteiger partial charge in [-0.05, 0) is 17.7 Å². The summed E-state index contributed by atoms with van der Waals surface area (Å²) in [4.78, 5) is 4.64. The van der Waals surface area contributed by atoms with Crippen LogP contribution in [0.4, 0.5) is 10.1 Å². The van der Waals surface area contributed by atoms with Crippen LogP contribution in [0.25, 0.3) is 0 Å². The summed E-state index contributed by atoms with van der Waals surface area (Å²) in [5, 5.41) is 8.72. The van der Waals surface area contributed by atoms with E-state index in [0.29, 0.717) is 11.6 Å². The molecule has 0 saturated carbocycles. The monoisotopic (exact) mass is 304 g/mol. The number of nitrogens with two attached hydrogens (primary N) is 1. The Morgan fingerprint density at radius 1 is 1.32 bits per heavy atom. The molecule has 0 amide bonds. The van der Waals surface area contributed by atoms with Crippen molar-refractivity contribution in [2.75, 3.05) is 44.3 Å². The lowest BCUT2D eigenvalue weighted by atomic mass is 10.1. The molecule has 1 atom stereocenters. The maximum absolute atomic E-state index is 14.2. The van der Waals surface area contributed by atoms with E-state index in [9.17, 15) is 4.39 Å². The minimum absolute atomic E-state index is 0.248. The molecule has 2 aliphatic heterocycles. The highest BCUT2D eigenvalue weighted by Crippen LogP contribution is 2.22. The Morgan fingerprint density at radius 3 is 2.59 bits per heavy atom. The first-order chi connectivity index (χ1) is 10.7. The van der Waals surface area contributed by atoms with E-state index in [1.807, 2.05) is 12.1 Å². The highest BCUT2D eigenvalue weighted by molar-refractivity contribution is 5.49. The van der Waals surface area contributed by atoms with Gasteiger partial charge in [0.15, 0.2) is 0 Å². The Balaban J connectivity index is 1.61. The number of piperazine rings is 1. The topological polar surface area (TPSA) is 65.5 Å². The smallest absolute Gasteiger partial charge is 0.128 e. The van der Waals surface area contributed by atoms with Crippen molar-refractivity contribution >= 4 is 5.69 Å². The number of nitrogens with zero attached hydrogens (tertiary/aromatic N) is 3. The summed E-state index contributed by atoms with van der Waals surface area (Å²) in [7, 11) is 0. The first-order valence-corrected chi connectivity index (χ1v) is 7.67. The molecule has 0 bridgehead atoms. The third-order valence-electron chi connectivity index (χ3n) is 4.46. The molecule has 2 N–H and O–H groups in total. The van der Waals surface area contributed by atoms with Gasteiger partial charge in [0.05, 0.1) is 31.4 Å². The van der Waals surface area contributed by atoms with E-state index in [4.69, 9.17) is 15.7 Å². The zero-order valence-electron chi connectivity index (χ0n) is 12.5. The van der Waals surface area contributed by atoms with Crippen LogP contribution in [-0.2, 0) is 11.2 Å². The molecule has 2 aliphatic rings. The standard InChI is InChI=1S/C16H21FN4O/c17-16-8-14(2-1-12(16)7-13(19)9-18)20-3-5-21(6-4-20)15-10-22-11-15/h1-2,8,13,15H,3-7,10-11,19H2/t13-/m0/s1. The van der Waals surface area contributed by atoms with Gasteiger partial charge in [0.1, 0.15) is 5.82 Å². The normalized spacial score (nSPS) is 21.2. The number of benzene rings is 1. The summed E-state index contributed by atoms with van der Waals surface area (Å²) in [6.07, 6.45) is 0.248. The Bertz CT molecular complexity index is 562. The van der Waals surface area contributed by atoms with Crippen molar-refractivity contribution in [1.29, 1.82) is 5.26 Å². The van der Waals surface area contributed by atoms with Crippen LogP contribution >= 0.6 is 0 Å². The molecule has 0 spiro atoms. The van der Waals surface area contributed by atoms with Crippen LogP contribution in [-0.4, -0.2) is 56.4 Å². The summed E-state index contributed by atoms with van der Waals surface area (Å²) >= 11 is 0. The molecule has 0 aromatic heterocycles. The first-order valence-electron chi connectivity index (χ1n) is 7.67. The lowest BCUT2D eigenvalue weighted by Gasteiger charge is -2.43. The molecule has 0 unspecified atom stereocenters. The van der Waals surface area contributed by atoms with Gasteiger partial charge in [0.25, 0.3) is 0 Å². The number of rotatable bonds is 4. The fraction of sp³-hybridized carbons (Fsp3) is 0.562. The fourth-order valence-electron chi connectivity index (χ4n) is 2.96. The minimum atomic E-state index is -0.659. The number of halogens is 1. The Hall–Kier alpha value is -1.68. The molecular formula is C16H21FN4O. The zero-order valence-corrected chi connectivity index (χ0v) is 12.5. The van der Waals surface area contributed by atoms with Gasteiger partial charge in [-0.2, -0.15) is 5.26 Å².